The second kappa shape index (κ2) is 5.09. The molecule has 3 nitrogen and oxygen atoms in total. The molecular weight excluding hydrogens is 212 g/mol. The van der Waals surface area contributed by atoms with Crippen LogP contribution in [0.15, 0.2) is 18.2 Å². The number of likely N-dealkylation sites (N-methyl/N-ethyl adjacent to an activating group) is 1. The Hall–Kier alpha value is -1.69. The van der Waals surface area contributed by atoms with Gasteiger partial charge in [0.2, 0.25) is 0 Å². The number of hydrogen-bond donors (Lipinski definition) is 0. The van der Waals surface area contributed by atoms with Crippen molar-refractivity contribution in [1.82, 2.24) is 0 Å². The quantitative estimate of drug-likeness (QED) is 0.801. The van der Waals surface area contributed by atoms with Crippen molar-refractivity contribution >= 4 is 5.69 Å². The number of rotatable bonds is 3. The van der Waals surface area contributed by atoms with Crippen LogP contribution in [0.25, 0.3) is 0 Å². The molecular formula is C14H18N2O. The molecule has 0 saturated carbocycles. The van der Waals surface area contributed by atoms with E-state index in [4.69, 9.17) is 10.00 Å². The van der Waals surface area contributed by atoms with Crippen LogP contribution in [-0.2, 0) is 6.42 Å². The molecule has 0 bridgehead atoms. The Balaban J connectivity index is 2.21. The minimum absolute atomic E-state index is 0.314. The van der Waals surface area contributed by atoms with Crippen LogP contribution in [0.1, 0.15) is 25.3 Å². The molecule has 1 aliphatic heterocycles. The van der Waals surface area contributed by atoms with Crippen molar-refractivity contribution in [2.24, 2.45) is 0 Å². The van der Waals surface area contributed by atoms with Gasteiger partial charge in [0.05, 0.1) is 17.8 Å². The molecule has 2 rings (SSSR count). The van der Waals surface area contributed by atoms with Crippen LogP contribution in [-0.4, -0.2) is 19.7 Å². The molecule has 17 heavy (non-hydrogen) atoms. The summed E-state index contributed by atoms with van der Waals surface area (Å²) >= 11 is 0. The fourth-order valence-corrected chi connectivity index (χ4v) is 2.18. The molecule has 1 aromatic rings. The lowest BCUT2D eigenvalue weighted by Gasteiger charge is -2.35. The van der Waals surface area contributed by atoms with Gasteiger partial charge in [-0.1, -0.05) is 13.0 Å². The van der Waals surface area contributed by atoms with Crippen LogP contribution in [0.3, 0.4) is 0 Å². The molecule has 1 atom stereocenters. The Morgan fingerprint density at radius 2 is 2.35 bits per heavy atom. The van der Waals surface area contributed by atoms with Gasteiger partial charge in [-0.15, -0.1) is 0 Å². The van der Waals surface area contributed by atoms with Crippen molar-refractivity contribution in [3.8, 4) is 11.8 Å². The van der Waals surface area contributed by atoms with Crippen LogP contribution in [0.4, 0.5) is 5.69 Å². The lowest BCUT2D eigenvalue weighted by molar-refractivity contribution is 0.261. The number of anilines is 1. The second-order valence-corrected chi connectivity index (χ2v) is 4.43. The molecule has 0 saturated heterocycles. The van der Waals surface area contributed by atoms with Gasteiger partial charge in [0.15, 0.2) is 0 Å². The fourth-order valence-electron chi connectivity index (χ4n) is 2.18. The molecule has 0 radical (unpaired) electrons. The highest BCUT2D eigenvalue weighted by Gasteiger charge is 2.24. The third kappa shape index (κ3) is 2.36. The standard InChI is InChI=1S/C14H18N2O/c1-3-11-6-7-14-13(9-11)16(2)12(10-17-14)5-4-8-15/h6-7,9,12H,3-5,10H2,1-2H3. The van der Waals surface area contributed by atoms with Gasteiger partial charge in [-0.05, 0) is 30.5 Å². The molecule has 0 N–H and O–H groups in total. The van der Waals surface area contributed by atoms with E-state index >= 15 is 0 Å². The van der Waals surface area contributed by atoms with Gasteiger partial charge in [0.25, 0.3) is 0 Å². The molecule has 0 spiro atoms. The SMILES string of the molecule is CCc1ccc2c(c1)N(C)C(CCC#N)CO2. The second-order valence-electron chi connectivity index (χ2n) is 4.43. The van der Waals surface area contributed by atoms with Gasteiger partial charge in [-0.3, -0.25) is 0 Å². The Labute approximate surface area is 103 Å². The average molecular weight is 230 g/mol. The molecule has 1 aromatic carbocycles. The predicted octanol–water partition coefficient (Wildman–Crippen LogP) is 2.75. The smallest absolute Gasteiger partial charge is 0.142 e. The van der Waals surface area contributed by atoms with E-state index in [2.05, 4.69) is 37.1 Å². The van der Waals surface area contributed by atoms with Gasteiger partial charge in [-0.25, -0.2) is 0 Å². The maximum Gasteiger partial charge on any atom is 0.142 e. The average Bonchev–Trinajstić information content (AvgIpc) is 2.38. The molecule has 3 heteroatoms. The van der Waals surface area contributed by atoms with Crippen molar-refractivity contribution in [3.63, 3.8) is 0 Å². The Morgan fingerprint density at radius 1 is 1.53 bits per heavy atom. The van der Waals surface area contributed by atoms with Gasteiger partial charge >= 0.3 is 0 Å². The molecule has 0 aromatic heterocycles. The normalized spacial score (nSPS) is 18.2. The summed E-state index contributed by atoms with van der Waals surface area (Å²) in [6.45, 7) is 2.83. The molecule has 0 fully saturated rings. The predicted molar refractivity (Wildman–Crippen MR) is 68.4 cm³/mol. The zero-order valence-corrected chi connectivity index (χ0v) is 10.4. The minimum Gasteiger partial charge on any atom is -0.489 e. The third-order valence-electron chi connectivity index (χ3n) is 3.38. The zero-order valence-electron chi connectivity index (χ0n) is 10.4. The summed E-state index contributed by atoms with van der Waals surface area (Å²) in [7, 11) is 2.09. The summed E-state index contributed by atoms with van der Waals surface area (Å²) in [5.74, 6) is 0.956. The van der Waals surface area contributed by atoms with Crippen LogP contribution >= 0.6 is 0 Å². The minimum atomic E-state index is 0.314. The summed E-state index contributed by atoms with van der Waals surface area (Å²) in [5.41, 5.74) is 2.47. The van der Waals surface area contributed by atoms with Gasteiger partial charge < -0.3 is 9.64 Å². The zero-order chi connectivity index (χ0) is 12.3. The fraction of sp³-hybridized carbons (Fsp3) is 0.500. The number of aryl methyl sites for hydroxylation is 1. The number of nitriles is 1. The number of fused-ring (bicyclic) bond motifs is 1. The summed E-state index contributed by atoms with van der Waals surface area (Å²) in [6.07, 6.45) is 2.48. The molecule has 1 aliphatic rings. The van der Waals surface area contributed by atoms with E-state index in [1.807, 2.05) is 6.07 Å². The topological polar surface area (TPSA) is 36.3 Å². The van der Waals surface area contributed by atoms with Crippen molar-refractivity contribution in [1.29, 1.82) is 5.26 Å². The maximum absolute atomic E-state index is 8.65. The molecule has 0 aliphatic carbocycles. The Morgan fingerprint density at radius 3 is 3.06 bits per heavy atom. The summed E-state index contributed by atoms with van der Waals surface area (Å²) in [5, 5.41) is 8.65. The van der Waals surface area contributed by atoms with Gasteiger partial charge in [0, 0.05) is 13.5 Å². The summed E-state index contributed by atoms with van der Waals surface area (Å²) in [4.78, 5) is 2.25. The van der Waals surface area contributed by atoms with E-state index in [0.717, 1.165) is 24.3 Å². The monoisotopic (exact) mass is 230 g/mol. The molecule has 0 amide bonds. The maximum atomic E-state index is 8.65. The third-order valence-corrected chi connectivity index (χ3v) is 3.38. The number of ether oxygens (including phenoxy) is 1. The Kier molecular flexibility index (Phi) is 3.53. The summed E-state index contributed by atoms with van der Waals surface area (Å²) < 4.78 is 5.75. The number of nitrogens with zero attached hydrogens (tertiary/aromatic N) is 2. The summed E-state index contributed by atoms with van der Waals surface area (Å²) in [6, 6.07) is 8.86. The molecule has 1 unspecified atom stereocenters. The first-order valence-electron chi connectivity index (χ1n) is 6.11. The van der Waals surface area contributed by atoms with Crippen molar-refractivity contribution in [2.75, 3.05) is 18.6 Å². The van der Waals surface area contributed by atoms with E-state index in [1.54, 1.807) is 0 Å². The Bertz CT molecular complexity index is 436. The first-order valence-corrected chi connectivity index (χ1v) is 6.11. The van der Waals surface area contributed by atoms with E-state index < -0.39 is 0 Å². The lowest BCUT2D eigenvalue weighted by Crippen LogP contribution is -2.40. The van der Waals surface area contributed by atoms with Crippen molar-refractivity contribution < 1.29 is 4.74 Å². The lowest BCUT2D eigenvalue weighted by atomic mass is 10.1. The van der Waals surface area contributed by atoms with Crippen LogP contribution in [0.5, 0.6) is 5.75 Å². The number of hydrogen-bond acceptors (Lipinski definition) is 3. The van der Waals surface area contributed by atoms with Crippen LogP contribution < -0.4 is 9.64 Å². The van der Waals surface area contributed by atoms with Crippen LogP contribution in [0, 0.1) is 11.3 Å². The highest BCUT2D eigenvalue weighted by molar-refractivity contribution is 5.61. The first-order chi connectivity index (χ1) is 8.26. The van der Waals surface area contributed by atoms with Crippen LogP contribution in [0.2, 0.25) is 0 Å². The van der Waals surface area contributed by atoms with E-state index in [9.17, 15) is 0 Å². The van der Waals surface area contributed by atoms with E-state index in [-0.39, 0.29) is 0 Å². The largest absolute Gasteiger partial charge is 0.489 e. The van der Waals surface area contributed by atoms with Gasteiger partial charge in [-0.2, -0.15) is 5.26 Å². The van der Waals surface area contributed by atoms with E-state index in [1.165, 1.54) is 5.56 Å². The highest BCUT2D eigenvalue weighted by Crippen LogP contribution is 2.34. The van der Waals surface area contributed by atoms with Crippen molar-refractivity contribution in [3.05, 3.63) is 23.8 Å². The number of benzene rings is 1. The van der Waals surface area contributed by atoms with Gasteiger partial charge in [0.1, 0.15) is 12.4 Å². The highest BCUT2D eigenvalue weighted by atomic mass is 16.5. The first kappa shape index (κ1) is 11.8. The van der Waals surface area contributed by atoms with Crippen molar-refractivity contribution in [2.45, 2.75) is 32.2 Å². The molecule has 90 valence electrons. The van der Waals surface area contributed by atoms with E-state index in [0.29, 0.717) is 19.1 Å². The molecule has 1 heterocycles.